The zero-order chi connectivity index (χ0) is 13.0. The van der Waals surface area contributed by atoms with Crippen molar-refractivity contribution in [3.8, 4) is 0 Å². The van der Waals surface area contributed by atoms with Gasteiger partial charge < -0.3 is 10.1 Å². The first kappa shape index (κ1) is 13.9. The fourth-order valence-electron chi connectivity index (χ4n) is 2.26. The second kappa shape index (κ2) is 6.60. The molecule has 2 atom stereocenters. The van der Waals surface area contributed by atoms with E-state index in [2.05, 4.69) is 43.4 Å². The van der Waals surface area contributed by atoms with Crippen LogP contribution in [0.25, 0.3) is 0 Å². The van der Waals surface area contributed by atoms with Gasteiger partial charge in [0, 0.05) is 22.8 Å². The first-order valence-corrected chi connectivity index (χ1v) is 7.60. The quantitative estimate of drug-likeness (QED) is 0.902. The molecule has 3 heteroatoms. The molecule has 100 valence electrons. The Labute approximate surface area is 114 Å². The molecule has 0 amide bonds. The molecule has 0 spiro atoms. The van der Waals surface area contributed by atoms with Crippen LogP contribution >= 0.6 is 11.8 Å². The molecule has 18 heavy (non-hydrogen) atoms. The molecule has 0 bridgehead atoms. The lowest BCUT2D eigenvalue weighted by Crippen LogP contribution is -2.43. The molecule has 0 aromatic heterocycles. The summed E-state index contributed by atoms with van der Waals surface area (Å²) < 4.78 is 5.59. The maximum atomic E-state index is 5.59. The van der Waals surface area contributed by atoms with E-state index >= 15 is 0 Å². The summed E-state index contributed by atoms with van der Waals surface area (Å²) >= 11 is 1.93. The van der Waals surface area contributed by atoms with Crippen LogP contribution in [0.15, 0.2) is 29.2 Å². The van der Waals surface area contributed by atoms with Crippen LogP contribution in [0.5, 0.6) is 0 Å². The molecule has 1 fully saturated rings. The van der Waals surface area contributed by atoms with Crippen molar-refractivity contribution in [1.82, 2.24) is 5.32 Å². The Balaban J connectivity index is 1.99. The predicted octanol–water partition coefficient (Wildman–Crippen LogP) is 3.28. The number of hydrogen-bond donors (Lipinski definition) is 1. The van der Waals surface area contributed by atoms with Gasteiger partial charge in [-0.25, -0.2) is 0 Å². The van der Waals surface area contributed by atoms with Crippen molar-refractivity contribution in [2.45, 2.75) is 42.4 Å². The molecular weight excluding hydrogens is 242 g/mol. The van der Waals surface area contributed by atoms with Gasteiger partial charge in [0.15, 0.2) is 0 Å². The molecule has 0 saturated carbocycles. The topological polar surface area (TPSA) is 21.3 Å². The van der Waals surface area contributed by atoms with Gasteiger partial charge >= 0.3 is 0 Å². The molecule has 0 radical (unpaired) electrons. The van der Waals surface area contributed by atoms with Crippen LogP contribution in [0.2, 0.25) is 0 Å². The summed E-state index contributed by atoms with van der Waals surface area (Å²) in [5, 5.41) is 3.92. The Hall–Kier alpha value is -0.510. The van der Waals surface area contributed by atoms with Gasteiger partial charge in [-0.2, -0.15) is 0 Å². The average Bonchev–Trinajstić information content (AvgIpc) is 2.40. The third-order valence-corrected chi connectivity index (χ3v) is 4.82. The Bertz CT molecular complexity index is 363. The number of ether oxygens (including phenoxy) is 1. The van der Waals surface area contributed by atoms with Crippen molar-refractivity contribution in [3.05, 3.63) is 29.8 Å². The first-order valence-electron chi connectivity index (χ1n) is 6.72. The maximum absolute atomic E-state index is 5.59. The smallest absolute Gasteiger partial charge is 0.0603 e. The summed E-state index contributed by atoms with van der Waals surface area (Å²) in [5.74, 6) is 0.604. The summed E-state index contributed by atoms with van der Waals surface area (Å²) in [6, 6.07) is 9.52. The normalized spacial score (nSPS) is 24.4. The molecule has 0 aliphatic carbocycles. The van der Waals surface area contributed by atoms with Crippen LogP contribution in [-0.4, -0.2) is 31.6 Å². The van der Waals surface area contributed by atoms with Gasteiger partial charge in [0.2, 0.25) is 0 Å². The summed E-state index contributed by atoms with van der Waals surface area (Å²) in [6.45, 7) is 6.19. The van der Waals surface area contributed by atoms with E-state index in [4.69, 9.17) is 4.74 Å². The molecule has 2 unspecified atom stereocenters. The lowest BCUT2D eigenvalue weighted by atomic mass is 10.0. The molecule has 1 saturated heterocycles. The van der Waals surface area contributed by atoms with Crippen LogP contribution < -0.4 is 5.32 Å². The van der Waals surface area contributed by atoms with E-state index in [-0.39, 0.29) is 0 Å². The highest BCUT2D eigenvalue weighted by Gasteiger charge is 2.25. The zero-order valence-electron chi connectivity index (χ0n) is 11.5. The molecular formula is C15H23NOS. The van der Waals surface area contributed by atoms with Gasteiger partial charge in [0.1, 0.15) is 0 Å². The molecule has 1 aromatic rings. The van der Waals surface area contributed by atoms with E-state index in [9.17, 15) is 0 Å². The number of nitrogens with one attached hydrogen (secondary N) is 1. The molecule has 1 aliphatic heterocycles. The van der Waals surface area contributed by atoms with Gasteiger partial charge in [-0.15, -0.1) is 11.8 Å². The number of hydrogen-bond acceptors (Lipinski definition) is 3. The maximum Gasteiger partial charge on any atom is 0.0603 e. The fourth-order valence-corrected chi connectivity index (χ4v) is 3.51. The monoisotopic (exact) mass is 265 g/mol. The Morgan fingerprint density at radius 2 is 2.00 bits per heavy atom. The highest BCUT2D eigenvalue weighted by Crippen LogP contribution is 2.29. The van der Waals surface area contributed by atoms with Crippen LogP contribution in [0.1, 0.15) is 31.7 Å². The largest absolute Gasteiger partial charge is 0.380 e. The van der Waals surface area contributed by atoms with Crippen LogP contribution in [0.4, 0.5) is 0 Å². The minimum absolute atomic E-state index is 0.522. The van der Waals surface area contributed by atoms with E-state index in [0.29, 0.717) is 17.2 Å². The standard InChI is InChI=1S/C15H23NOS/c1-11(2)12-4-6-13(7-5-12)18-15-10-17-9-8-14(15)16-3/h4-7,11,14-16H,8-10H2,1-3H3. The number of thioether (sulfide) groups is 1. The average molecular weight is 265 g/mol. The van der Waals surface area contributed by atoms with Crippen molar-refractivity contribution in [2.75, 3.05) is 20.3 Å². The second-order valence-corrected chi connectivity index (χ2v) is 6.45. The van der Waals surface area contributed by atoms with Crippen molar-refractivity contribution in [3.63, 3.8) is 0 Å². The molecule has 2 rings (SSSR count). The van der Waals surface area contributed by atoms with E-state index in [0.717, 1.165) is 19.6 Å². The van der Waals surface area contributed by atoms with Crippen molar-refractivity contribution < 1.29 is 4.74 Å². The van der Waals surface area contributed by atoms with Gasteiger partial charge in [-0.3, -0.25) is 0 Å². The Morgan fingerprint density at radius 3 is 2.61 bits per heavy atom. The predicted molar refractivity (Wildman–Crippen MR) is 78.5 cm³/mol. The molecule has 2 nitrogen and oxygen atoms in total. The number of benzene rings is 1. The van der Waals surface area contributed by atoms with Crippen LogP contribution in [0, 0.1) is 0 Å². The van der Waals surface area contributed by atoms with E-state index in [1.54, 1.807) is 0 Å². The third-order valence-electron chi connectivity index (χ3n) is 3.51. The van der Waals surface area contributed by atoms with Crippen LogP contribution in [-0.2, 0) is 4.74 Å². The van der Waals surface area contributed by atoms with E-state index in [1.165, 1.54) is 10.5 Å². The minimum atomic E-state index is 0.522. The summed E-state index contributed by atoms with van der Waals surface area (Å²) in [7, 11) is 2.05. The van der Waals surface area contributed by atoms with Gasteiger partial charge in [0.25, 0.3) is 0 Å². The summed E-state index contributed by atoms with van der Waals surface area (Å²) in [4.78, 5) is 1.34. The molecule has 1 aliphatic rings. The van der Waals surface area contributed by atoms with Gasteiger partial charge in [-0.1, -0.05) is 26.0 Å². The van der Waals surface area contributed by atoms with Gasteiger partial charge in [-0.05, 0) is 37.1 Å². The fraction of sp³-hybridized carbons (Fsp3) is 0.600. The summed E-state index contributed by atoms with van der Waals surface area (Å²) in [5.41, 5.74) is 1.41. The van der Waals surface area contributed by atoms with Crippen LogP contribution in [0.3, 0.4) is 0 Å². The first-order chi connectivity index (χ1) is 8.70. The second-order valence-electron chi connectivity index (χ2n) is 5.14. The highest BCUT2D eigenvalue weighted by molar-refractivity contribution is 8.00. The lowest BCUT2D eigenvalue weighted by molar-refractivity contribution is 0.0851. The SMILES string of the molecule is CNC1CCOCC1Sc1ccc(C(C)C)cc1. The Morgan fingerprint density at radius 1 is 1.28 bits per heavy atom. The molecule has 1 aromatic carbocycles. The van der Waals surface area contributed by atoms with Crippen molar-refractivity contribution in [1.29, 1.82) is 0 Å². The highest BCUT2D eigenvalue weighted by atomic mass is 32.2. The van der Waals surface area contributed by atoms with Gasteiger partial charge in [0.05, 0.1) is 6.61 Å². The number of rotatable bonds is 4. The van der Waals surface area contributed by atoms with Crippen molar-refractivity contribution in [2.24, 2.45) is 0 Å². The van der Waals surface area contributed by atoms with Crippen molar-refractivity contribution >= 4 is 11.8 Å². The minimum Gasteiger partial charge on any atom is -0.380 e. The van der Waals surface area contributed by atoms with E-state index < -0.39 is 0 Å². The lowest BCUT2D eigenvalue weighted by Gasteiger charge is -2.30. The third kappa shape index (κ3) is 3.50. The Kier molecular flexibility index (Phi) is 5.10. The summed E-state index contributed by atoms with van der Waals surface area (Å²) in [6.07, 6.45) is 1.11. The van der Waals surface area contributed by atoms with E-state index in [1.807, 2.05) is 18.8 Å². The molecule has 1 N–H and O–H groups in total. The zero-order valence-corrected chi connectivity index (χ0v) is 12.3. The molecule has 1 heterocycles.